The number of aromatic nitrogens is 3. The van der Waals surface area contributed by atoms with Crippen LogP contribution in [0, 0.1) is 0 Å². The van der Waals surface area contributed by atoms with Crippen LogP contribution in [-0.4, -0.2) is 65.7 Å². The van der Waals surface area contributed by atoms with Crippen LogP contribution in [0.15, 0.2) is 36.5 Å². The number of carbonyl (C=O) groups excluding carboxylic acids is 2. The van der Waals surface area contributed by atoms with E-state index in [-0.39, 0.29) is 11.8 Å². The van der Waals surface area contributed by atoms with Gasteiger partial charge in [-0.1, -0.05) is 0 Å². The fourth-order valence-corrected chi connectivity index (χ4v) is 4.88. The highest BCUT2D eigenvalue weighted by atomic mass is 32.1. The van der Waals surface area contributed by atoms with Gasteiger partial charge in [-0.2, -0.15) is 18.3 Å². The predicted octanol–water partition coefficient (Wildman–Crippen LogP) is 3.50. The summed E-state index contributed by atoms with van der Waals surface area (Å²) >= 11 is 1.24. The molecule has 37 heavy (non-hydrogen) atoms. The lowest BCUT2D eigenvalue weighted by Crippen LogP contribution is -2.27. The minimum atomic E-state index is -4.43. The number of benzene rings is 1. The molecule has 2 N–H and O–H groups in total. The van der Waals surface area contributed by atoms with E-state index in [2.05, 4.69) is 15.7 Å². The lowest BCUT2D eigenvalue weighted by atomic mass is 10.2. The predicted molar refractivity (Wildman–Crippen MR) is 133 cm³/mol. The lowest BCUT2D eigenvalue weighted by Gasteiger charge is -2.09. The Bertz CT molecular complexity index is 1390. The molecule has 9 nitrogen and oxygen atoms in total. The number of hydrogen-bond donors (Lipinski definition) is 2. The maximum absolute atomic E-state index is 13.0. The van der Waals surface area contributed by atoms with Crippen LogP contribution in [-0.2, 0) is 27.5 Å². The molecule has 3 aromatic heterocycles. The van der Waals surface area contributed by atoms with Gasteiger partial charge in [-0.05, 0) is 30.3 Å². The number of rotatable bonds is 11. The van der Waals surface area contributed by atoms with Gasteiger partial charge in [0.15, 0.2) is 5.65 Å². The number of fused-ring (bicyclic) bond motifs is 3. The minimum absolute atomic E-state index is 0.111. The second-order valence-corrected chi connectivity index (χ2v) is 9.24. The number of nitrogens with zero attached hydrogens (tertiary/aromatic N) is 3. The zero-order chi connectivity index (χ0) is 26.6. The van der Waals surface area contributed by atoms with Crippen LogP contribution in [0.5, 0.6) is 0 Å². The van der Waals surface area contributed by atoms with Crippen molar-refractivity contribution in [1.29, 1.82) is 0 Å². The third-order valence-electron chi connectivity index (χ3n) is 5.43. The van der Waals surface area contributed by atoms with Gasteiger partial charge in [0, 0.05) is 49.7 Å². The smallest absolute Gasteiger partial charge is 0.377 e. The fraction of sp³-hybridized carbons (Fsp3) is 0.375. The van der Waals surface area contributed by atoms with E-state index in [0.717, 1.165) is 27.7 Å². The summed E-state index contributed by atoms with van der Waals surface area (Å²) in [6.07, 6.45) is -2.61. The SMILES string of the molecule is CC(=O)NCCOCCOCCNC(=O)c1cc2c3cn(C)nc3n(-c3ccc(C(F)(F)F)cc3)c2s1. The Morgan fingerprint density at radius 1 is 1.00 bits per heavy atom. The van der Waals surface area contributed by atoms with E-state index >= 15 is 0 Å². The topological polar surface area (TPSA) is 99.4 Å². The number of alkyl halides is 3. The van der Waals surface area contributed by atoms with Crippen LogP contribution in [0.2, 0.25) is 0 Å². The molecule has 2 amide bonds. The van der Waals surface area contributed by atoms with E-state index in [0.29, 0.717) is 55.7 Å². The second-order valence-electron chi connectivity index (χ2n) is 8.21. The molecule has 3 heterocycles. The molecule has 0 atom stereocenters. The number of thiophene rings is 1. The van der Waals surface area contributed by atoms with Crippen molar-refractivity contribution >= 4 is 44.4 Å². The van der Waals surface area contributed by atoms with Crippen molar-refractivity contribution in [3.8, 4) is 5.69 Å². The van der Waals surface area contributed by atoms with Crippen LogP contribution in [0.3, 0.4) is 0 Å². The summed E-state index contributed by atoms with van der Waals surface area (Å²) in [5.41, 5.74) is 0.387. The summed E-state index contributed by atoms with van der Waals surface area (Å²) in [5, 5.41) is 11.5. The average molecular weight is 538 g/mol. The normalized spacial score (nSPS) is 11.9. The Labute approximate surface area is 214 Å². The Balaban J connectivity index is 1.39. The molecule has 0 aliphatic carbocycles. The summed E-state index contributed by atoms with van der Waals surface area (Å²) in [6.45, 7) is 3.60. The highest BCUT2D eigenvalue weighted by Crippen LogP contribution is 2.37. The Hall–Kier alpha value is -3.42. The summed E-state index contributed by atoms with van der Waals surface area (Å²) in [6, 6.07) is 6.63. The first-order chi connectivity index (χ1) is 17.6. The Morgan fingerprint density at radius 3 is 2.27 bits per heavy atom. The van der Waals surface area contributed by atoms with Crippen molar-refractivity contribution in [3.63, 3.8) is 0 Å². The summed E-state index contributed by atoms with van der Waals surface area (Å²) in [4.78, 5) is 24.7. The molecule has 0 radical (unpaired) electrons. The molecular formula is C24H26F3N5O4S. The molecule has 1 aromatic carbocycles. The van der Waals surface area contributed by atoms with Gasteiger partial charge in [0.2, 0.25) is 5.91 Å². The lowest BCUT2D eigenvalue weighted by molar-refractivity contribution is -0.137. The van der Waals surface area contributed by atoms with Gasteiger partial charge in [-0.15, -0.1) is 11.3 Å². The molecule has 0 saturated carbocycles. The number of halogens is 3. The number of carbonyl (C=O) groups is 2. The molecule has 13 heteroatoms. The number of amides is 2. The number of aryl methyl sites for hydroxylation is 1. The van der Waals surface area contributed by atoms with Gasteiger partial charge < -0.3 is 20.1 Å². The van der Waals surface area contributed by atoms with Gasteiger partial charge in [-0.25, -0.2) is 0 Å². The number of hydrogen-bond acceptors (Lipinski definition) is 6. The van der Waals surface area contributed by atoms with Crippen LogP contribution in [0.4, 0.5) is 13.2 Å². The van der Waals surface area contributed by atoms with E-state index in [1.807, 2.05) is 6.20 Å². The standard InChI is InChI=1S/C24H26F3N5O4S/c1-15(33)28-7-9-35-11-12-36-10-8-29-22(34)20-13-18-19-14-31(2)30-21(19)32(23(18)37-20)17-5-3-16(4-6-17)24(25,26)27/h3-6,13-14H,7-12H2,1-2H3,(H,28,33)(H,29,34). The van der Waals surface area contributed by atoms with Crippen LogP contribution in [0.25, 0.3) is 26.9 Å². The van der Waals surface area contributed by atoms with Crippen LogP contribution >= 0.6 is 11.3 Å². The number of nitrogens with one attached hydrogen (secondary N) is 2. The van der Waals surface area contributed by atoms with Gasteiger partial charge in [0.05, 0.1) is 36.9 Å². The molecule has 0 aliphatic heterocycles. The first-order valence-corrected chi connectivity index (χ1v) is 12.3. The molecule has 0 aliphatic rings. The number of ether oxygens (including phenoxy) is 2. The first-order valence-electron chi connectivity index (χ1n) is 11.5. The van der Waals surface area contributed by atoms with Gasteiger partial charge in [0.25, 0.3) is 5.91 Å². The van der Waals surface area contributed by atoms with Crippen molar-refractivity contribution in [2.45, 2.75) is 13.1 Å². The zero-order valence-electron chi connectivity index (χ0n) is 20.2. The first kappa shape index (κ1) is 26.6. The summed E-state index contributed by atoms with van der Waals surface area (Å²) in [7, 11) is 1.76. The van der Waals surface area contributed by atoms with Crippen LogP contribution in [0.1, 0.15) is 22.2 Å². The van der Waals surface area contributed by atoms with Crippen LogP contribution < -0.4 is 10.6 Å². The van der Waals surface area contributed by atoms with Gasteiger partial charge in [-0.3, -0.25) is 18.8 Å². The second kappa shape index (κ2) is 11.3. The minimum Gasteiger partial charge on any atom is -0.377 e. The van der Waals surface area contributed by atoms with Gasteiger partial charge >= 0.3 is 6.18 Å². The molecule has 4 rings (SSSR count). The fourth-order valence-electron chi connectivity index (χ4n) is 3.76. The molecular weight excluding hydrogens is 511 g/mol. The van der Waals surface area contributed by atoms with Gasteiger partial charge in [0.1, 0.15) is 4.83 Å². The third kappa shape index (κ3) is 6.29. The van der Waals surface area contributed by atoms with E-state index in [1.54, 1.807) is 22.4 Å². The summed E-state index contributed by atoms with van der Waals surface area (Å²) in [5.74, 6) is -0.382. The Morgan fingerprint density at radius 2 is 1.65 bits per heavy atom. The molecule has 4 aromatic rings. The molecule has 198 valence electrons. The van der Waals surface area contributed by atoms with E-state index in [1.165, 1.54) is 30.4 Å². The van der Waals surface area contributed by atoms with Crippen molar-refractivity contribution in [2.75, 3.05) is 39.5 Å². The molecule has 0 spiro atoms. The highest BCUT2D eigenvalue weighted by molar-refractivity contribution is 7.20. The highest BCUT2D eigenvalue weighted by Gasteiger charge is 2.30. The van der Waals surface area contributed by atoms with E-state index < -0.39 is 11.7 Å². The molecule has 0 bridgehead atoms. The maximum Gasteiger partial charge on any atom is 0.416 e. The largest absolute Gasteiger partial charge is 0.416 e. The van der Waals surface area contributed by atoms with E-state index in [9.17, 15) is 22.8 Å². The Kier molecular flexibility index (Phi) is 8.15. The monoisotopic (exact) mass is 537 g/mol. The van der Waals surface area contributed by atoms with Crippen molar-refractivity contribution in [3.05, 3.63) is 47.0 Å². The van der Waals surface area contributed by atoms with Crippen molar-refractivity contribution < 1.29 is 32.2 Å². The summed E-state index contributed by atoms with van der Waals surface area (Å²) < 4.78 is 53.2. The third-order valence-corrected chi connectivity index (χ3v) is 6.55. The quantitative estimate of drug-likeness (QED) is 0.286. The van der Waals surface area contributed by atoms with Crippen molar-refractivity contribution in [1.82, 2.24) is 25.0 Å². The maximum atomic E-state index is 13.0. The van der Waals surface area contributed by atoms with Crippen molar-refractivity contribution in [2.24, 2.45) is 7.05 Å². The van der Waals surface area contributed by atoms with E-state index in [4.69, 9.17) is 9.47 Å². The molecule has 0 unspecified atom stereocenters. The average Bonchev–Trinajstić information content (AvgIpc) is 3.50. The zero-order valence-corrected chi connectivity index (χ0v) is 21.0. The molecule has 0 saturated heterocycles. The molecule has 0 fully saturated rings.